The number of amides is 1. The predicted octanol–water partition coefficient (Wildman–Crippen LogP) is 3.58. The van der Waals surface area contributed by atoms with E-state index in [4.69, 9.17) is 0 Å². The molecule has 7 heteroatoms. The molecule has 1 heterocycles. The van der Waals surface area contributed by atoms with Gasteiger partial charge >= 0.3 is 0 Å². The summed E-state index contributed by atoms with van der Waals surface area (Å²) >= 11 is 0. The minimum Gasteiger partial charge on any atom is -0.351 e. The van der Waals surface area contributed by atoms with Crippen LogP contribution in [0.4, 0.5) is 20.3 Å². The quantitative estimate of drug-likeness (QED) is 0.847. The Morgan fingerprint density at radius 2 is 1.96 bits per heavy atom. The molecule has 1 aromatic heterocycles. The van der Waals surface area contributed by atoms with Gasteiger partial charge in [-0.3, -0.25) is 4.79 Å². The molecule has 1 amide bonds. The van der Waals surface area contributed by atoms with Crippen molar-refractivity contribution in [1.29, 1.82) is 0 Å². The number of nitrogens with one attached hydrogen (secondary N) is 2. The van der Waals surface area contributed by atoms with Crippen molar-refractivity contribution in [2.45, 2.75) is 27.2 Å². The van der Waals surface area contributed by atoms with Gasteiger partial charge in [-0.15, -0.1) is 0 Å². The first-order valence-electron chi connectivity index (χ1n) is 7.71. The molecule has 2 aromatic rings. The van der Waals surface area contributed by atoms with Crippen molar-refractivity contribution in [1.82, 2.24) is 15.3 Å². The van der Waals surface area contributed by atoms with E-state index >= 15 is 0 Å². The van der Waals surface area contributed by atoms with E-state index in [0.29, 0.717) is 18.3 Å². The summed E-state index contributed by atoms with van der Waals surface area (Å²) in [7, 11) is 0. The second-order valence-corrected chi connectivity index (χ2v) is 5.87. The lowest BCUT2D eigenvalue weighted by Crippen LogP contribution is -2.26. The minimum absolute atomic E-state index is 0.0701. The van der Waals surface area contributed by atoms with Crippen LogP contribution in [0.3, 0.4) is 0 Å². The summed E-state index contributed by atoms with van der Waals surface area (Å²) in [6, 6.07) is 4.61. The molecule has 2 N–H and O–H groups in total. The van der Waals surface area contributed by atoms with Crippen molar-refractivity contribution < 1.29 is 13.6 Å². The fraction of sp³-hybridized carbons (Fsp3) is 0.353. The molecular weight excluding hydrogens is 314 g/mol. The summed E-state index contributed by atoms with van der Waals surface area (Å²) in [5.41, 5.74) is 0.261. The number of nitrogens with zero attached hydrogens (tertiary/aromatic N) is 2. The lowest BCUT2D eigenvalue weighted by molar-refractivity contribution is 0.0946. The Bertz CT molecular complexity index is 735. The highest BCUT2D eigenvalue weighted by Gasteiger charge is 2.12. The molecule has 5 nitrogen and oxygen atoms in total. The van der Waals surface area contributed by atoms with Crippen LogP contribution in [0.1, 0.15) is 36.6 Å². The van der Waals surface area contributed by atoms with Gasteiger partial charge in [0.2, 0.25) is 0 Å². The number of carbonyl (C=O) groups excluding carboxylic acids is 1. The molecule has 0 aliphatic carbocycles. The second kappa shape index (κ2) is 7.81. The summed E-state index contributed by atoms with van der Waals surface area (Å²) in [5.74, 6) is -0.602. The summed E-state index contributed by atoms with van der Waals surface area (Å²) < 4.78 is 26.7. The zero-order chi connectivity index (χ0) is 17.7. The van der Waals surface area contributed by atoms with Crippen LogP contribution in [0.25, 0.3) is 0 Å². The predicted molar refractivity (Wildman–Crippen MR) is 88.2 cm³/mol. The van der Waals surface area contributed by atoms with Crippen LogP contribution >= 0.6 is 0 Å². The van der Waals surface area contributed by atoms with Gasteiger partial charge in [-0.1, -0.05) is 13.8 Å². The van der Waals surface area contributed by atoms with Crippen molar-refractivity contribution in [2.75, 3.05) is 11.9 Å². The maximum absolute atomic E-state index is 13.7. The van der Waals surface area contributed by atoms with Crippen LogP contribution in [0.15, 0.2) is 24.3 Å². The van der Waals surface area contributed by atoms with Crippen molar-refractivity contribution in [3.63, 3.8) is 0 Å². The largest absolute Gasteiger partial charge is 0.351 e. The van der Waals surface area contributed by atoms with Gasteiger partial charge in [-0.05, 0) is 31.4 Å². The monoisotopic (exact) mass is 334 g/mol. The van der Waals surface area contributed by atoms with E-state index in [0.717, 1.165) is 18.6 Å². The molecule has 0 saturated heterocycles. The molecule has 2 rings (SSSR count). The second-order valence-electron chi connectivity index (χ2n) is 5.87. The summed E-state index contributed by atoms with van der Waals surface area (Å²) in [6.45, 7) is 6.33. The number of anilines is 2. The van der Waals surface area contributed by atoms with E-state index in [2.05, 4.69) is 34.4 Å². The number of hydrogen-bond acceptors (Lipinski definition) is 4. The molecular formula is C17H20F2N4O. The van der Waals surface area contributed by atoms with Gasteiger partial charge in [0.25, 0.3) is 5.91 Å². The third kappa shape index (κ3) is 4.97. The van der Waals surface area contributed by atoms with Crippen molar-refractivity contribution in [3.8, 4) is 0 Å². The van der Waals surface area contributed by atoms with Crippen LogP contribution in [0.5, 0.6) is 0 Å². The normalized spacial score (nSPS) is 10.8. The van der Waals surface area contributed by atoms with E-state index in [-0.39, 0.29) is 23.1 Å². The number of aromatic nitrogens is 2. The minimum atomic E-state index is -0.741. The highest BCUT2D eigenvalue weighted by molar-refractivity contribution is 5.93. The summed E-state index contributed by atoms with van der Waals surface area (Å²) in [5, 5.41) is 5.52. The Hall–Kier alpha value is -2.57. The first-order valence-corrected chi connectivity index (χ1v) is 7.71. The molecule has 0 bridgehead atoms. The lowest BCUT2D eigenvalue weighted by Gasteiger charge is -2.10. The average Bonchev–Trinajstić information content (AvgIpc) is 2.49. The van der Waals surface area contributed by atoms with E-state index in [1.807, 2.05) is 0 Å². The van der Waals surface area contributed by atoms with Gasteiger partial charge in [0.05, 0.1) is 5.69 Å². The first-order chi connectivity index (χ1) is 11.3. The Balaban J connectivity index is 2.14. The zero-order valence-corrected chi connectivity index (χ0v) is 13.9. The molecule has 24 heavy (non-hydrogen) atoms. The Labute approximate surface area is 139 Å². The number of benzene rings is 1. The SMILES string of the molecule is Cc1nc(Nc2ccc(F)cc2F)cc(C(=O)NCCC(C)C)n1. The Kier molecular flexibility index (Phi) is 5.78. The summed E-state index contributed by atoms with van der Waals surface area (Å²) in [6.07, 6.45) is 0.863. The molecule has 0 aliphatic heterocycles. The molecule has 1 aromatic carbocycles. The Morgan fingerprint density at radius 3 is 2.62 bits per heavy atom. The first kappa shape index (κ1) is 17.8. The van der Waals surface area contributed by atoms with Gasteiger partial charge in [-0.2, -0.15) is 0 Å². The number of carbonyl (C=O) groups is 1. The van der Waals surface area contributed by atoms with Gasteiger partial charge in [0.15, 0.2) is 0 Å². The van der Waals surface area contributed by atoms with Crippen LogP contribution in [-0.2, 0) is 0 Å². The highest BCUT2D eigenvalue weighted by Crippen LogP contribution is 2.20. The molecule has 0 aliphatic rings. The van der Waals surface area contributed by atoms with Crippen molar-refractivity contribution >= 4 is 17.4 Å². The molecule has 0 radical (unpaired) electrons. The highest BCUT2D eigenvalue weighted by atomic mass is 19.1. The third-order valence-electron chi connectivity index (χ3n) is 3.27. The van der Waals surface area contributed by atoms with Gasteiger partial charge in [0, 0.05) is 18.7 Å². The van der Waals surface area contributed by atoms with Gasteiger partial charge in [0.1, 0.15) is 29.0 Å². The van der Waals surface area contributed by atoms with Crippen molar-refractivity contribution in [3.05, 3.63) is 47.4 Å². The fourth-order valence-electron chi connectivity index (χ4n) is 2.04. The van der Waals surface area contributed by atoms with Gasteiger partial charge < -0.3 is 10.6 Å². The van der Waals surface area contributed by atoms with Crippen LogP contribution < -0.4 is 10.6 Å². The van der Waals surface area contributed by atoms with E-state index in [1.54, 1.807) is 6.92 Å². The zero-order valence-electron chi connectivity index (χ0n) is 13.9. The van der Waals surface area contributed by atoms with Crippen LogP contribution in [-0.4, -0.2) is 22.4 Å². The van der Waals surface area contributed by atoms with E-state index < -0.39 is 11.6 Å². The molecule has 0 saturated carbocycles. The molecule has 0 unspecified atom stereocenters. The molecule has 128 valence electrons. The third-order valence-corrected chi connectivity index (χ3v) is 3.27. The standard InChI is InChI=1S/C17H20F2N4O/c1-10(2)6-7-20-17(24)15-9-16(22-11(3)21-15)23-14-5-4-12(18)8-13(14)19/h4-5,8-10H,6-7H2,1-3H3,(H,20,24)(H,21,22,23). The summed E-state index contributed by atoms with van der Waals surface area (Å²) in [4.78, 5) is 20.4. The number of halogens is 2. The number of hydrogen-bond donors (Lipinski definition) is 2. The van der Waals surface area contributed by atoms with Crippen LogP contribution in [0, 0.1) is 24.5 Å². The maximum Gasteiger partial charge on any atom is 0.270 e. The van der Waals surface area contributed by atoms with E-state index in [1.165, 1.54) is 12.1 Å². The topological polar surface area (TPSA) is 66.9 Å². The Morgan fingerprint density at radius 1 is 1.21 bits per heavy atom. The lowest BCUT2D eigenvalue weighted by atomic mass is 10.1. The molecule has 0 fully saturated rings. The number of rotatable bonds is 6. The maximum atomic E-state index is 13.7. The number of aryl methyl sites for hydroxylation is 1. The van der Waals surface area contributed by atoms with Gasteiger partial charge in [-0.25, -0.2) is 18.7 Å². The molecule has 0 atom stereocenters. The van der Waals surface area contributed by atoms with E-state index in [9.17, 15) is 13.6 Å². The van der Waals surface area contributed by atoms with Crippen LogP contribution in [0.2, 0.25) is 0 Å². The van der Waals surface area contributed by atoms with Crippen molar-refractivity contribution in [2.24, 2.45) is 5.92 Å². The average molecular weight is 334 g/mol. The molecule has 0 spiro atoms. The smallest absolute Gasteiger partial charge is 0.270 e. The fourth-order valence-corrected chi connectivity index (χ4v) is 2.04.